The second-order valence-corrected chi connectivity index (χ2v) is 6.48. The fraction of sp³-hybridized carbons (Fsp3) is 0.0455. The van der Waals surface area contributed by atoms with Gasteiger partial charge >= 0.3 is 0 Å². The number of ketones is 1. The van der Waals surface area contributed by atoms with Gasteiger partial charge in [-0.25, -0.2) is 5.06 Å². The molecule has 1 aromatic heterocycles. The third-order valence-electron chi connectivity index (χ3n) is 5.19. The summed E-state index contributed by atoms with van der Waals surface area (Å²) in [5.41, 5.74) is 2.12. The molecule has 4 nitrogen and oxygen atoms in total. The SMILES string of the molecule is O=C1c2ccccc2N(O)C1(c1ccccc1)c1c[nH]c2ccccc12. The second-order valence-electron chi connectivity index (χ2n) is 6.48. The lowest BCUT2D eigenvalue weighted by Crippen LogP contribution is -2.47. The molecule has 1 aliphatic rings. The van der Waals surface area contributed by atoms with Crippen molar-refractivity contribution in [2.75, 3.05) is 5.06 Å². The molecule has 0 saturated heterocycles. The summed E-state index contributed by atoms with van der Waals surface area (Å²) in [5, 5.41) is 13.3. The maximum Gasteiger partial charge on any atom is 0.202 e. The van der Waals surface area contributed by atoms with Crippen molar-refractivity contribution in [3.05, 3.63) is 102 Å². The highest BCUT2D eigenvalue weighted by atomic mass is 16.5. The molecule has 126 valence electrons. The summed E-state index contributed by atoms with van der Waals surface area (Å²) in [6.45, 7) is 0. The van der Waals surface area contributed by atoms with Crippen molar-refractivity contribution in [1.82, 2.24) is 4.98 Å². The summed E-state index contributed by atoms with van der Waals surface area (Å²) < 4.78 is 0. The van der Waals surface area contributed by atoms with Crippen molar-refractivity contribution < 1.29 is 10.0 Å². The number of nitrogens with one attached hydrogen (secondary N) is 1. The standard InChI is InChI=1S/C22H16N2O2/c25-21-17-11-5-7-13-20(17)24(26)22(21,15-8-2-1-3-9-15)18-14-23-19-12-6-4-10-16(18)19/h1-14,23,26H. The summed E-state index contributed by atoms with van der Waals surface area (Å²) in [6, 6.07) is 24.4. The number of anilines is 1. The number of benzene rings is 3. The lowest BCUT2D eigenvalue weighted by Gasteiger charge is -2.34. The summed E-state index contributed by atoms with van der Waals surface area (Å²) in [6.07, 6.45) is 1.82. The molecular weight excluding hydrogens is 324 g/mol. The highest BCUT2D eigenvalue weighted by molar-refractivity contribution is 6.17. The van der Waals surface area contributed by atoms with Gasteiger partial charge in [-0.1, -0.05) is 60.7 Å². The number of nitrogens with zero attached hydrogens (tertiary/aromatic N) is 1. The molecule has 0 bridgehead atoms. The normalized spacial score (nSPS) is 19.1. The number of rotatable bonds is 2. The Bertz CT molecular complexity index is 1130. The third-order valence-corrected chi connectivity index (χ3v) is 5.19. The molecule has 0 radical (unpaired) electrons. The maximum atomic E-state index is 13.7. The van der Waals surface area contributed by atoms with Gasteiger partial charge in [0.1, 0.15) is 0 Å². The predicted molar refractivity (Wildman–Crippen MR) is 101 cm³/mol. The highest BCUT2D eigenvalue weighted by Crippen LogP contribution is 2.49. The van der Waals surface area contributed by atoms with E-state index >= 15 is 0 Å². The average molecular weight is 340 g/mol. The van der Waals surface area contributed by atoms with Crippen LogP contribution in [0.5, 0.6) is 0 Å². The first kappa shape index (κ1) is 14.9. The Kier molecular flexibility index (Phi) is 3.05. The molecule has 1 unspecified atom stereocenters. The summed E-state index contributed by atoms with van der Waals surface area (Å²) in [7, 11) is 0. The molecule has 0 spiro atoms. The van der Waals surface area contributed by atoms with Crippen LogP contribution >= 0.6 is 0 Å². The molecule has 0 amide bonds. The molecule has 5 rings (SSSR count). The van der Waals surface area contributed by atoms with Crippen molar-refractivity contribution in [3.8, 4) is 0 Å². The van der Waals surface area contributed by atoms with Gasteiger partial charge in [0.05, 0.1) is 5.69 Å². The molecule has 1 aliphatic heterocycles. The van der Waals surface area contributed by atoms with E-state index in [4.69, 9.17) is 0 Å². The van der Waals surface area contributed by atoms with Gasteiger partial charge in [-0.3, -0.25) is 10.0 Å². The number of hydrogen-bond donors (Lipinski definition) is 2. The molecule has 0 aliphatic carbocycles. The molecule has 4 aromatic rings. The van der Waals surface area contributed by atoms with Crippen molar-refractivity contribution in [2.45, 2.75) is 5.54 Å². The number of aromatic nitrogens is 1. The van der Waals surface area contributed by atoms with Crippen molar-refractivity contribution in [1.29, 1.82) is 0 Å². The summed E-state index contributed by atoms with van der Waals surface area (Å²) in [4.78, 5) is 16.9. The van der Waals surface area contributed by atoms with E-state index in [1.807, 2.05) is 72.9 Å². The third kappa shape index (κ3) is 1.74. The number of aromatic amines is 1. The van der Waals surface area contributed by atoms with Crippen LogP contribution in [0.15, 0.2) is 85.1 Å². The van der Waals surface area contributed by atoms with E-state index in [0.29, 0.717) is 11.3 Å². The van der Waals surface area contributed by atoms with Crippen LogP contribution in [-0.4, -0.2) is 16.0 Å². The largest absolute Gasteiger partial charge is 0.361 e. The first-order valence-corrected chi connectivity index (χ1v) is 8.49. The summed E-state index contributed by atoms with van der Waals surface area (Å²) in [5.74, 6) is -0.133. The van der Waals surface area contributed by atoms with Gasteiger partial charge in [-0.15, -0.1) is 0 Å². The van der Waals surface area contributed by atoms with Crippen LogP contribution in [0, 0.1) is 0 Å². The Morgan fingerprint density at radius 3 is 2.35 bits per heavy atom. The Balaban J connectivity index is 1.89. The molecule has 4 heteroatoms. The monoisotopic (exact) mass is 340 g/mol. The fourth-order valence-electron chi connectivity index (χ4n) is 4.02. The van der Waals surface area contributed by atoms with Gasteiger partial charge in [0, 0.05) is 28.2 Å². The summed E-state index contributed by atoms with van der Waals surface area (Å²) >= 11 is 0. The van der Waals surface area contributed by atoms with Gasteiger partial charge in [-0.05, 0) is 23.8 Å². The quantitative estimate of drug-likeness (QED) is 0.565. The first-order chi connectivity index (χ1) is 12.7. The number of fused-ring (bicyclic) bond motifs is 2. The minimum atomic E-state index is -1.31. The van der Waals surface area contributed by atoms with E-state index in [2.05, 4.69) is 4.98 Å². The lowest BCUT2D eigenvalue weighted by molar-refractivity contribution is 0.0846. The van der Waals surface area contributed by atoms with E-state index in [1.54, 1.807) is 12.1 Å². The van der Waals surface area contributed by atoms with E-state index in [1.165, 1.54) is 0 Å². The Hall–Kier alpha value is -3.37. The molecule has 3 aromatic carbocycles. The van der Waals surface area contributed by atoms with Gasteiger partial charge in [0.25, 0.3) is 0 Å². The first-order valence-electron chi connectivity index (χ1n) is 8.49. The van der Waals surface area contributed by atoms with E-state index in [9.17, 15) is 10.0 Å². The average Bonchev–Trinajstić information content (AvgIpc) is 3.22. The minimum absolute atomic E-state index is 0.133. The lowest BCUT2D eigenvalue weighted by atomic mass is 9.79. The Labute approximate surface area is 150 Å². The van der Waals surface area contributed by atoms with Crippen molar-refractivity contribution >= 4 is 22.4 Å². The van der Waals surface area contributed by atoms with Gasteiger partial charge in [0.15, 0.2) is 5.54 Å². The van der Waals surface area contributed by atoms with Crippen LogP contribution in [0.3, 0.4) is 0 Å². The Morgan fingerprint density at radius 1 is 0.846 bits per heavy atom. The van der Waals surface area contributed by atoms with E-state index in [-0.39, 0.29) is 5.78 Å². The fourth-order valence-corrected chi connectivity index (χ4v) is 4.02. The van der Waals surface area contributed by atoms with Crippen molar-refractivity contribution in [3.63, 3.8) is 0 Å². The molecule has 2 N–H and O–H groups in total. The number of hydroxylamine groups is 1. The molecule has 0 saturated carbocycles. The van der Waals surface area contributed by atoms with Crippen molar-refractivity contribution in [2.24, 2.45) is 0 Å². The number of hydrogen-bond acceptors (Lipinski definition) is 3. The number of para-hydroxylation sites is 2. The molecule has 2 heterocycles. The van der Waals surface area contributed by atoms with Gasteiger partial charge in [-0.2, -0.15) is 0 Å². The molecule has 26 heavy (non-hydrogen) atoms. The number of Topliss-reactive ketones (excluding diaryl/α,β-unsaturated/α-hetero) is 1. The van der Waals surface area contributed by atoms with Crippen LogP contribution in [0.1, 0.15) is 21.5 Å². The van der Waals surface area contributed by atoms with Crippen LogP contribution in [0.4, 0.5) is 5.69 Å². The highest BCUT2D eigenvalue weighted by Gasteiger charge is 2.55. The van der Waals surface area contributed by atoms with Crippen LogP contribution < -0.4 is 5.06 Å². The number of carbonyl (C=O) groups is 1. The molecule has 0 fully saturated rings. The zero-order valence-electron chi connectivity index (χ0n) is 13.9. The van der Waals surface area contributed by atoms with Gasteiger partial charge < -0.3 is 4.98 Å². The topological polar surface area (TPSA) is 56.3 Å². The Morgan fingerprint density at radius 2 is 1.54 bits per heavy atom. The van der Waals surface area contributed by atoms with Crippen LogP contribution in [-0.2, 0) is 5.54 Å². The van der Waals surface area contributed by atoms with E-state index in [0.717, 1.165) is 27.1 Å². The minimum Gasteiger partial charge on any atom is -0.361 e. The predicted octanol–water partition coefficient (Wildman–Crippen LogP) is 4.50. The maximum absolute atomic E-state index is 13.7. The number of carbonyl (C=O) groups excluding carboxylic acids is 1. The smallest absolute Gasteiger partial charge is 0.202 e. The zero-order chi connectivity index (χ0) is 17.7. The van der Waals surface area contributed by atoms with Gasteiger partial charge in [0.2, 0.25) is 5.78 Å². The number of H-pyrrole nitrogens is 1. The van der Waals surface area contributed by atoms with E-state index < -0.39 is 5.54 Å². The van der Waals surface area contributed by atoms with Crippen LogP contribution in [0.2, 0.25) is 0 Å². The van der Waals surface area contributed by atoms with Crippen LogP contribution in [0.25, 0.3) is 10.9 Å². The second kappa shape index (κ2) is 5.31. The molecule has 1 atom stereocenters. The zero-order valence-corrected chi connectivity index (χ0v) is 13.9. The molecular formula is C22H16N2O2.